The number of hydrogen-bond donors (Lipinski definition) is 0. The van der Waals surface area contributed by atoms with E-state index in [2.05, 4.69) is 81.5 Å². The Labute approximate surface area is 460 Å². The Morgan fingerprint density at radius 1 is 0.270 bits per heavy atom. The van der Waals surface area contributed by atoms with E-state index in [-0.39, 0.29) is 31.1 Å². The molecule has 0 rings (SSSR count). The van der Waals surface area contributed by atoms with Crippen LogP contribution in [0.1, 0.15) is 335 Å². The van der Waals surface area contributed by atoms with Crippen molar-refractivity contribution in [2.24, 2.45) is 0 Å². The van der Waals surface area contributed by atoms with Crippen LogP contribution in [0, 0.1) is 0 Å². The quantitative estimate of drug-likeness (QED) is 0.0261. The topological polar surface area (TPSA) is 78.9 Å². The van der Waals surface area contributed by atoms with Crippen molar-refractivity contribution in [2.75, 3.05) is 13.2 Å². The smallest absolute Gasteiger partial charge is 0.306 e. The van der Waals surface area contributed by atoms with Gasteiger partial charge in [-0.05, 0) is 103 Å². The predicted molar refractivity (Wildman–Crippen MR) is 321 cm³/mol. The third-order valence-electron chi connectivity index (χ3n) is 14.2. The van der Waals surface area contributed by atoms with Crippen molar-refractivity contribution in [3.63, 3.8) is 0 Å². The van der Waals surface area contributed by atoms with Gasteiger partial charge in [0.2, 0.25) is 0 Å². The molecule has 0 bridgehead atoms. The lowest BCUT2D eigenvalue weighted by Crippen LogP contribution is -2.30. The lowest BCUT2D eigenvalue weighted by atomic mass is 10.0. The first kappa shape index (κ1) is 71.1. The van der Waals surface area contributed by atoms with Crippen LogP contribution >= 0.6 is 0 Å². The fourth-order valence-corrected chi connectivity index (χ4v) is 9.33. The molecule has 0 aromatic carbocycles. The molecule has 0 aliphatic carbocycles. The van der Waals surface area contributed by atoms with E-state index in [0.29, 0.717) is 19.3 Å². The highest BCUT2D eigenvalue weighted by Gasteiger charge is 2.19. The Balaban J connectivity index is 4.24. The number of rotatable bonds is 59. The van der Waals surface area contributed by atoms with E-state index < -0.39 is 6.10 Å². The van der Waals surface area contributed by atoms with Gasteiger partial charge in [0.1, 0.15) is 13.2 Å². The van der Waals surface area contributed by atoms with Gasteiger partial charge in [0, 0.05) is 19.3 Å². The molecule has 0 fully saturated rings. The third kappa shape index (κ3) is 60.0. The molecule has 6 heteroatoms. The molecule has 0 heterocycles. The van der Waals surface area contributed by atoms with Crippen molar-refractivity contribution in [1.82, 2.24) is 0 Å². The van der Waals surface area contributed by atoms with Gasteiger partial charge in [0.05, 0.1) is 0 Å². The van der Waals surface area contributed by atoms with Crippen LogP contribution < -0.4 is 0 Å². The Morgan fingerprint density at radius 3 is 0.824 bits per heavy atom. The van der Waals surface area contributed by atoms with Gasteiger partial charge in [-0.25, -0.2) is 0 Å². The zero-order valence-corrected chi connectivity index (χ0v) is 49.4. The van der Waals surface area contributed by atoms with E-state index in [1.165, 1.54) is 186 Å². The Morgan fingerprint density at radius 2 is 0.514 bits per heavy atom. The van der Waals surface area contributed by atoms with Gasteiger partial charge in [0.25, 0.3) is 0 Å². The summed E-state index contributed by atoms with van der Waals surface area (Å²) in [5.74, 6) is -0.896. The predicted octanol–water partition coefficient (Wildman–Crippen LogP) is 21.9. The van der Waals surface area contributed by atoms with Gasteiger partial charge >= 0.3 is 17.9 Å². The van der Waals surface area contributed by atoms with Crippen LogP contribution in [0.5, 0.6) is 0 Å². The molecule has 0 spiro atoms. The first-order valence-electron chi connectivity index (χ1n) is 32.3. The fraction of sp³-hybridized carbons (Fsp3) is 0.809. The zero-order valence-electron chi connectivity index (χ0n) is 49.4. The minimum atomic E-state index is -0.787. The normalized spacial score (nSPS) is 12.4. The molecular weight excluding hydrogens is 913 g/mol. The second-order valence-corrected chi connectivity index (χ2v) is 21.7. The molecule has 0 amide bonds. The summed E-state index contributed by atoms with van der Waals surface area (Å²) in [5.41, 5.74) is 0. The zero-order chi connectivity index (χ0) is 53.6. The van der Waals surface area contributed by atoms with Gasteiger partial charge in [-0.15, -0.1) is 0 Å². The first-order chi connectivity index (χ1) is 36.5. The lowest BCUT2D eigenvalue weighted by molar-refractivity contribution is -0.167. The van der Waals surface area contributed by atoms with E-state index in [4.69, 9.17) is 14.2 Å². The van der Waals surface area contributed by atoms with Crippen LogP contribution in [0.25, 0.3) is 0 Å². The van der Waals surface area contributed by atoms with Crippen LogP contribution in [0.4, 0.5) is 0 Å². The Hall–Kier alpha value is -2.89. The maximum Gasteiger partial charge on any atom is 0.306 e. The monoisotopic (exact) mass is 1030 g/mol. The van der Waals surface area contributed by atoms with Gasteiger partial charge in [-0.3, -0.25) is 14.4 Å². The van der Waals surface area contributed by atoms with E-state index >= 15 is 0 Å². The summed E-state index contributed by atoms with van der Waals surface area (Å²) in [6.45, 7) is 6.57. The molecule has 74 heavy (non-hydrogen) atoms. The van der Waals surface area contributed by atoms with E-state index in [9.17, 15) is 14.4 Å². The summed E-state index contributed by atoms with van der Waals surface area (Å²) in [7, 11) is 0. The number of carbonyl (C=O) groups excluding carboxylic acids is 3. The fourth-order valence-electron chi connectivity index (χ4n) is 9.33. The second-order valence-electron chi connectivity index (χ2n) is 21.7. The average Bonchev–Trinajstić information content (AvgIpc) is 3.40. The molecule has 0 saturated heterocycles. The van der Waals surface area contributed by atoms with Crippen molar-refractivity contribution < 1.29 is 28.6 Å². The molecule has 6 nitrogen and oxygen atoms in total. The second kappa shape index (κ2) is 62.6. The van der Waals surface area contributed by atoms with Crippen molar-refractivity contribution in [3.05, 3.63) is 60.8 Å². The summed E-state index contributed by atoms with van der Waals surface area (Å²) in [4.78, 5) is 38.2. The van der Waals surface area contributed by atoms with Crippen LogP contribution in [0.2, 0.25) is 0 Å². The highest BCUT2D eigenvalue weighted by atomic mass is 16.6. The maximum absolute atomic E-state index is 12.9. The van der Waals surface area contributed by atoms with Gasteiger partial charge in [-0.2, -0.15) is 0 Å². The highest BCUT2D eigenvalue weighted by Crippen LogP contribution is 2.17. The van der Waals surface area contributed by atoms with Crippen molar-refractivity contribution in [3.8, 4) is 0 Å². The number of esters is 3. The summed E-state index contributed by atoms with van der Waals surface area (Å²) >= 11 is 0. The molecule has 0 N–H and O–H groups in total. The summed E-state index contributed by atoms with van der Waals surface area (Å²) in [6, 6.07) is 0. The molecule has 0 aliphatic rings. The molecule has 0 aliphatic heterocycles. The van der Waals surface area contributed by atoms with Gasteiger partial charge in [-0.1, -0.05) is 274 Å². The SMILES string of the molecule is CCC/C=C\C/C=C\CCCCCCCC(=O)OCC(COC(=O)CCCCCCCCCCCCCCCCC/C=C\CCCCCCCCCC)OC(=O)CCCCCCC/C=C\C/C=C\CCCCCC. The summed E-state index contributed by atoms with van der Waals surface area (Å²) < 4.78 is 16.9. The van der Waals surface area contributed by atoms with Crippen molar-refractivity contribution in [2.45, 2.75) is 341 Å². The van der Waals surface area contributed by atoms with E-state index in [1.807, 2.05) is 0 Å². The lowest BCUT2D eigenvalue weighted by Gasteiger charge is -2.18. The standard InChI is InChI=1S/C68H122O6/c1-4-7-10-13-16-19-22-25-27-29-30-31-32-33-34-35-36-37-38-39-41-43-46-49-52-55-58-61-67(70)73-64-65(63-72-66(69)60-57-54-51-48-45-42-24-21-18-15-12-9-6-3)74-68(71)62-59-56-53-50-47-44-40-28-26-23-20-17-14-11-8-5-2/h12,15,20-21,23-24,28-30,40,65H,4-11,13-14,16-19,22,25-27,31-39,41-64H2,1-3H3/b15-12-,23-20-,24-21-,30-29-,40-28-. The molecular formula is C68H122O6. The minimum absolute atomic E-state index is 0.0824. The number of hydrogen-bond acceptors (Lipinski definition) is 6. The molecule has 430 valence electrons. The molecule has 0 saturated carbocycles. The Kier molecular flexibility index (Phi) is 60.2. The molecule has 0 radical (unpaired) electrons. The number of unbranched alkanes of at least 4 members (excludes halogenated alkanes) is 38. The number of allylic oxidation sites excluding steroid dienone is 10. The molecule has 0 aromatic rings. The average molecular weight is 1040 g/mol. The van der Waals surface area contributed by atoms with Gasteiger partial charge in [0.15, 0.2) is 6.10 Å². The summed E-state index contributed by atoms with van der Waals surface area (Å²) in [6.07, 6.45) is 79.5. The van der Waals surface area contributed by atoms with Crippen LogP contribution in [-0.2, 0) is 28.6 Å². The van der Waals surface area contributed by atoms with E-state index in [1.54, 1.807) is 0 Å². The maximum atomic E-state index is 12.9. The summed E-state index contributed by atoms with van der Waals surface area (Å²) in [5, 5.41) is 0. The Bertz CT molecular complexity index is 1330. The largest absolute Gasteiger partial charge is 0.462 e. The molecule has 0 aromatic heterocycles. The van der Waals surface area contributed by atoms with Crippen LogP contribution in [0.15, 0.2) is 60.8 Å². The minimum Gasteiger partial charge on any atom is -0.462 e. The third-order valence-corrected chi connectivity index (χ3v) is 14.2. The molecule has 1 unspecified atom stereocenters. The first-order valence-corrected chi connectivity index (χ1v) is 32.3. The number of carbonyl (C=O) groups is 3. The van der Waals surface area contributed by atoms with Crippen LogP contribution in [-0.4, -0.2) is 37.2 Å². The van der Waals surface area contributed by atoms with Gasteiger partial charge < -0.3 is 14.2 Å². The molecule has 1 atom stereocenters. The van der Waals surface area contributed by atoms with Crippen molar-refractivity contribution in [1.29, 1.82) is 0 Å². The number of ether oxygens (including phenoxy) is 3. The van der Waals surface area contributed by atoms with Crippen LogP contribution in [0.3, 0.4) is 0 Å². The van der Waals surface area contributed by atoms with E-state index in [0.717, 1.165) is 109 Å². The highest BCUT2D eigenvalue weighted by molar-refractivity contribution is 5.71. The van der Waals surface area contributed by atoms with Crippen molar-refractivity contribution >= 4 is 17.9 Å².